The van der Waals surface area contributed by atoms with Gasteiger partial charge in [0.1, 0.15) is 0 Å². The maximum absolute atomic E-state index is 11.8. The van der Waals surface area contributed by atoms with Crippen molar-refractivity contribution in [3.8, 4) is 0 Å². The van der Waals surface area contributed by atoms with E-state index in [0.717, 1.165) is 16.5 Å². The van der Waals surface area contributed by atoms with Crippen LogP contribution in [0.25, 0.3) is 10.9 Å². The van der Waals surface area contributed by atoms with Crippen molar-refractivity contribution in [1.29, 1.82) is 0 Å². The molecule has 0 saturated heterocycles. The van der Waals surface area contributed by atoms with Gasteiger partial charge in [-0.25, -0.2) is 0 Å². The summed E-state index contributed by atoms with van der Waals surface area (Å²) in [6.07, 6.45) is 2.89. The molecule has 2 rings (SSSR count). The maximum Gasteiger partial charge on any atom is 0.310 e. The number of aromatic nitrogens is 1. The molecule has 3 N–H and O–H groups in total. The largest absolute Gasteiger partial charge is 0.481 e. The van der Waals surface area contributed by atoms with Crippen LogP contribution in [0.4, 0.5) is 0 Å². The summed E-state index contributed by atoms with van der Waals surface area (Å²) < 4.78 is 0. The highest BCUT2D eigenvalue weighted by molar-refractivity contribution is 5.84. The van der Waals surface area contributed by atoms with E-state index in [1.807, 2.05) is 30.5 Å². The Morgan fingerprint density at radius 2 is 2.00 bits per heavy atom. The third-order valence-electron chi connectivity index (χ3n) is 3.60. The number of carboxylic acids is 1. The van der Waals surface area contributed by atoms with Crippen LogP contribution in [0.1, 0.15) is 25.8 Å². The number of hydrogen-bond donors (Lipinski definition) is 3. The van der Waals surface area contributed by atoms with Gasteiger partial charge in [0.05, 0.1) is 5.41 Å². The van der Waals surface area contributed by atoms with Crippen molar-refractivity contribution < 1.29 is 14.7 Å². The van der Waals surface area contributed by atoms with E-state index < -0.39 is 11.4 Å². The fraction of sp³-hybridized carbons (Fsp3) is 0.375. The van der Waals surface area contributed by atoms with Gasteiger partial charge in [0, 0.05) is 30.1 Å². The number of H-pyrrole nitrogens is 1. The number of aryl methyl sites for hydroxylation is 1. The third-order valence-corrected chi connectivity index (χ3v) is 3.60. The number of carboxylic acid groups (broad SMARTS) is 1. The maximum atomic E-state index is 11.8. The van der Waals surface area contributed by atoms with Crippen molar-refractivity contribution >= 4 is 22.8 Å². The minimum Gasteiger partial charge on any atom is -0.481 e. The van der Waals surface area contributed by atoms with Gasteiger partial charge in [-0.3, -0.25) is 9.59 Å². The number of fused-ring (bicyclic) bond motifs is 1. The Balaban J connectivity index is 1.88. The monoisotopic (exact) mass is 288 g/mol. The van der Waals surface area contributed by atoms with E-state index in [-0.39, 0.29) is 12.5 Å². The summed E-state index contributed by atoms with van der Waals surface area (Å²) in [5, 5.41) is 12.8. The fourth-order valence-corrected chi connectivity index (χ4v) is 2.07. The Morgan fingerprint density at radius 1 is 1.29 bits per heavy atom. The summed E-state index contributed by atoms with van der Waals surface area (Å²) in [5.74, 6) is -1.05. The lowest BCUT2D eigenvalue weighted by Gasteiger charge is -2.19. The average Bonchev–Trinajstić information content (AvgIpc) is 2.86. The molecule has 0 radical (unpaired) electrons. The topological polar surface area (TPSA) is 82.2 Å². The Kier molecular flexibility index (Phi) is 4.31. The number of rotatable bonds is 6. The van der Waals surface area contributed by atoms with Crippen LogP contribution in [0.3, 0.4) is 0 Å². The quantitative estimate of drug-likeness (QED) is 0.763. The standard InChI is InChI=1S/C16H20N2O3/c1-16(2,15(20)21)10-18-14(19)8-7-11-9-17-13-6-4-3-5-12(11)13/h3-6,9,17H,7-8,10H2,1-2H3,(H,18,19)(H,20,21). The van der Waals surface area contributed by atoms with Crippen molar-refractivity contribution in [2.45, 2.75) is 26.7 Å². The van der Waals surface area contributed by atoms with Crippen molar-refractivity contribution in [2.75, 3.05) is 6.54 Å². The van der Waals surface area contributed by atoms with Crippen molar-refractivity contribution in [2.24, 2.45) is 5.41 Å². The van der Waals surface area contributed by atoms with E-state index in [1.165, 1.54) is 0 Å². The van der Waals surface area contributed by atoms with Gasteiger partial charge in [-0.2, -0.15) is 0 Å². The lowest BCUT2D eigenvalue weighted by Crippen LogP contribution is -2.38. The van der Waals surface area contributed by atoms with E-state index in [1.54, 1.807) is 13.8 Å². The Hall–Kier alpha value is -2.30. The summed E-state index contributed by atoms with van der Waals surface area (Å²) in [4.78, 5) is 26.0. The minimum absolute atomic E-state index is 0.130. The molecule has 112 valence electrons. The molecule has 2 aromatic rings. The zero-order chi connectivity index (χ0) is 15.5. The second-order valence-electron chi connectivity index (χ2n) is 5.83. The van der Waals surface area contributed by atoms with Gasteiger partial charge in [-0.15, -0.1) is 0 Å². The molecule has 21 heavy (non-hydrogen) atoms. The van der Waals surface area contributed by atoms with E-state index in [2.05, 4.69) is 10.3 Å². The predicted octanol–water partition coefficient (Wildman–Crippen LogP) is 2.33. The molecule has 1 heterocycles. The number of aromatic amines is 1. The molecule has 5 nitrogen and oxygen atoms in total. The number of carbonyl (C=O) groups excluding carboxylic acids is 1. The van der Waals surface area contributed by atoms with Crippen molar-refractivity contribution in [3.63, 3.8) is 0 Å². The first-order valence-corrected chi connectivity index (χ1v) is 6.95. The summed E-state index contributed by atoms with van der Waals surface area (Å²) in [7, 11) is 0. The molecule has 0 aliphatic rings. The number of carbonyl (C=O) groups is 2. The van der Waals surface area contributed by atoms with E-state index in [0.29, 0.717) is 12.8 Å². The summed E-state index contributed by atoms with van der Waals surface area (Å²) >= 11 is 0. The molecule has 5 heteroatoms. The van der Waals surface area contributed by atoms with Crippen LogP contribution in [0.15, 0.2) is 30.5 Å². The number of aliphatic carboxylic acids is 1. The average molecular weight is 288 g/mol. The number of hydrogen-bond acceptors (Lipinski definition) is 2. The molecule has 0 aliphatic carbocycles. The lowest BCUT2D eigenvalue weighted by molar-refractivity contribution is -0.146. The molecule has 1 amide bonds. The number of amides is 1. The van der Waals surface area contributed by atoms with Gasteiger partial charge in [-0.05, 0) is 31.9 Å². The smallest absolute Gasteiger partial charge is 0.310 e. The fourth-order valence-electron chi connectivity index (χ4n) is 2.07. The summed E-state index contributed by atoms with van der Waals surface area (Å²) in [6.45, 7) is 3.32. The van der Waals surface area contributed by atoms with Gasteiger partial charge >= 0.3 is 5.97 Å². The molecule has 1 aromatic heterocycles. The lowest BCUT2D eigenvalue weighted by atomic mass is 9.94. The Bertz CT molecular complexity index is 658. The number of nitrogens with one attached hydrogen (secondary N) is 2. The van der Waals surface area contributed by atoms with E-state index >= 15 is 0 Å². The van der Waals surface area contributed by atoms with Crippen LogP contribution < -0.4 is 5.32 Å². The number of para-hydroxylation sites is 1. The summed E-state index contributed by atoms with van der Waals surface area (Å²) in [5.41, 5.74) is 1.20. The molecule has 1 aromatic carbocycles. The molecule has 0 unspecified atom stereocenters. The first-order valence-electron chi connectivity index (χ1n) is 6.95. The zero-order valence-electron chi connectivity index (χ0n) is 12.3. The number of benzene rings is 1. The second kappa shape index (κ2) is 5.99. The van der Waals surface area contributed by atoms with Crippen LogP contribution in [-0.4, -0.2) is 28.5 Å². The Labute approximate surface area is 123 Å². The summed E-state index contributed by atoms with van der Waals surface area (Å²) in [6, 6.07) is 7.94. The molecule has 0 atom stereocenters. The molecular formula is C16H20N2O3. The Morgan fingerprint density at radius 3 is 2.71 bits per heavy atom. The first kappa shape index (κ1) is 15.1. The van der Waals surface area contributed by atoms with Crippen LogP contribution in [-0.2, 0) is 16.0 Å². The van der Waals surface area contributed by atoms with E-state index in [9.17, 15) is 9.59 Å². The van der Waals surface area contributed by atoms with Crippen LogP contribution in [0, 0.1) is 5.41 Å². The van der Waals surface area contributed by atoms with E-state index in [4.69, 9.17) is 5.11 Å². The van der Waals surface area contributed by atoms with Gasteiger partial charge in [0.15, 0.2) is 0 Å². The van der Waals surface area contributed by atoms with Crippen molar-refractivity contribution in [3.05, 3.63) is 36.0 Å². The van der Waals surface area contributed by atoms with Crippen LogP contribution in [0.5, 0.6) is 0 Å². The first-order chi connectivity index (χ1) is 9.90. The third kappa shape index (κ3) is 3.62. The highest BCUT2D eigenvalue weighted by Gasteiger charge is 2.27. The highest BCUT2D eigenvalue weighted by atomic mass is 16.4. The van der Waals surface area contributed by atoms with Gasteiger partial charge < -0.3 is 15.4 Å². The van der Waals surface area contributed by atoms with Crippen LogP contribution in [0.2, 0.25) is 0 Å². The van der Waals surface area contributed by atoms with Gasteiger partial charge in [0.2, 0.25) is 5.91 Å². The molecule has 0 saturated carbocycles. The highest BCUT2D eigenvalue weighted by Crippen LogP contribution is 2.19. The van der Waals surface area contributed by atoms with Gasteiger partial charge in [0.25, 0.3) is 0 Å². The zero-order valence-corrected chi connectivity index (χ0v) is 12.3. The normalized spacial score (nSPS) is 11.5. The molecule has 0 bridgehead atoms. The van der Waals surface area contributed by atoms with Crippen LogP contribution >= 0.6 is 0 Å². The second-order valence-corrected chi connectivity index (χ2v) is 5.83. The van der Waals surface area contributed by atoms with Gasteiger partial charge in [-0.1, -0.05) is 18.2 Å². The molecule has 0 fully saturated rings. The predicted molar refractivity (Wildman–Crippen MR) is 81.0 cm³/mol. The minimum atomic E-state index is -0.948. The molecule has 0 spiro atoms. The van der Waals surface area contributed by atoms with Crippen molar-refractivity contribution in [1.82, 2.24) is 10.3 Å². The molecular weight excluding hydrogens is 268 g/mol. The molecule has 0 aliphatic heterocycles. The SMILES string of the molecule is CC(C)(CNC(=O)CCc1c[nH]c2ccccc12)C(=O)O.